The highest BCUT2D eigenvalue weighted by Crippen LogP contribution is 2.24. The summed E-state index contributed by atoms with van der Waals surface area (Å²) in [4.78, 5) is 97.3. The molecule has 3 heterocycles. The molecular formula is C38H59N13O7. The number of hydrogen-bond donors (Lipinski definition) is 11. The predicted octanol–water partition coefficient (Wildman–Crippen LogP) is -2.33. The van der Waals surface area contributed by atoms with E-state index in [1.54, 1.807) is 13.1 Å². The van der Waals surface area contributed by atoms with Crippen molar-refractivity contribution in [3.05, 3.63) is 36.0 Å². The van der Waals surface area contributed by atoms with Crippen LogP contribution in [0.2, 0.25) is 0 Å². The molecule has 7 atom stereocenters. The minimum absolute atomic E-state index is 0.0319. The first kappa shape index (κ1) is 44.8. The Kier molecular flexibility index (Phi) is 16.7. The number of guanidine groups is 2. The highest BCUT2D eigenvalue weighted by molar-refractivity contribution is 5.99. The molecule has 2 aliphatic rings. The van der Waals surface area contributed by atoms with Crippen LogP contribution in [0.3, 0.4) is 0 Å². The second-order valence-electron chi connectivity index (χ2n) is 14.8. The molecule has 58 heavy (non-hydrogen) atoms. The van der Waals surface area contributed by atoms with Gasteiger partial charge in [0.05, 0.1) is 0 Å². The number of hydrogen-bond acceptors (Lipinski definition) is 9. The van der Waals surface area contributed by atoms with Crippen LogP contribution in [-0.4, -0.2) is 125 Å². The van der Waals surface area contributed by atoms with Crippen LogP contribution in [0.15, 0.2) is 40.4 Å². The standard InChI is InChI=1S/C38H59N13O7/c1-3-21(2)30-35(57)48-26(12-7-16-44-38(41)42)31(53)46-25(11-6-15-43-37(39)40)32(54)49-28(19-22-20-45-24-10-5-4-9-23(22)24)36(58)51-17-8-13-29(51)34(56)47-27(14-18-52)33(55)50-30/h4-5,9-10,20-21,25-30,45,52H,3,6-8,11-19H2,1-2H3,(H,46,53)(H,47,56)(H,48,57)(H,49,54)(H,50,55)(H4,39,40,43)(H4,41,42,44)/t21-,25-,26+,27-,28-,29+,30-/m0/s1. The van der Waals surface area contributed by atoms with Gasteiger partial charge in [-0.25, -0.2) is 0 Å². The summed E-state index contributed by atoms with van der Waals surface area (Å²) in [5.74, 6) is -4.69. The number of carbonyl (C=O) groups is 6. The quantitative estimate of drug-likeness (QED) is 0.0547. The maximum Gasteiger partial charge on any atom is 0.246 e. The molecule has 0 spiro atoms. The molecule has 2 aromatic rings. The molecule has 0 saturated carbocycles. The van der Waals surface area contributed by atoms with Gasteiger partial charge in [-0.15, -0.1) is 0 Å². The minimum atomic E-state index is -1.26. The molecule has 20 nitrogen and oxygen atoms in total. The lowest BCUT2D eigenvalue weighted by Crippen LogP contribution is -2.62. The molecule has 20 heteroatoms. The minimum Gasteiger partial charge on any atom is -0.396 e. The van der Waals surface area contributed by atoms with E-state index in [4.69, 9.17) is 22.9 Å². The van der Waals surface area contributed by atoms with Crippen molar-refractivity contribution in [1.82, 2.24) is 36.5 Å². The van der Waals surface area contributed by atoms with Gasteiger partial charge in [0.25, 0.3) is 0 Å². The molecule has 15 N–H and O–H groups in total. The third-order valence-electron chi connectivity index (χ3n) is 10.6. The maximum atomic E-state index is 14.6. The fraction of sp³-hybridized carbons (Fsp3) is 0.579. The van der Waals surface area contributed by atoms with E-state index in [0.29, 0.717) is 12.8 Å². The van der Waals surface area contributed by atoms with Crippen LogP contribution in [0.25, 0.3) is 10.9 Å². The molecule has 6 amide bonds. The van der Waals surface area contributed by atoms with E-state index in [-0.39, 0.29) is 76.5 Å². The van der Waals surface area contributed by atoms with E-state index in [1.807, 2.05) is 31.2 Å². The zero-order valence-electron chi connectivity index (χ0n) is 33.2. The summed E-state index contributed by atoms with van der Waals surface area (Å²) < 4.78 is 0. The summed E-state index contributed by atoms with van der Waals surface area (Å²) in [7, 11) is 0. The highest BCUT2D eigenvalue weighted by Gasteiger charge is 2.41. The third-order valence-corrected chi connectivity index (χ3v) is 10.6. The smallest absolute Gasteiger partial charge is 0.246 e. The largest absolute Gasteiger partial charge is 0.396 e. The number of carbonyl (C=O) groups excluding carboxylic acids is 6. The Balaban J connectivity index is 1.79. The number of rotatable bonds is 14. The first-order valence-corrected chi connectivity index (χ1v) is 19.8. The zero-order valence-corrected chi connectivity index (χ0v) is 33.2. The first-order valence-electron chi connectivity index (χ1n) is 19.8. The lowest BCUT2D eigenvalue weighted by molar-refractivity contribution is -0.143. The van der Waals surface area contributed by atoms with Crippen molar-refractivity contribution in [3.63, 3.8) is 0 Å². The van der Waals surface area contributed by atoms with E-state index in [2.05, 4.69) is 41.6 Å². The van der Waals surface area contributed by atoms with Crippen LogP contribution < -0.4 is 49.5 Å². The first-order chi connectivity index (χ1) is 27.7. The summed E-state index contributed by atoms with van der Waals surface area (Å²) in [5.41, 5.74) is 23.6. The molecule has 2 aliphatic heterocycles. The highest BCUT2D eigenvalue weighted by atomic mass is 16.3. The van der Waals surface area contributed by atoms with Crippen LogP contribution in [0.1, 0.15) is 70.8 Å². The number of nitrogens with two attached hydrogens (primary N) is 4. The van der Waals surface area contributed by atoms with Gasteiger partial charge in [0.15, 0.2) is 11.9 Å². The van der Waals surface area contributed by atoms with E-state index in [1.165, 1.54) is 4.90 Å². The Hall–Kier alpha value is -5.92. The van der Waals surface area contributed by atoms with Gasteiger partial charge in [-0.2, -0.15) is 0 Å². The zero-order chi connectivity index (χ0) is 42.4. The summed E-state index contributed by atoms with van der Waals surface area (Å²) in [6.45, 7) is 3.57. The number of amides is 6. The number of nitrogens with zero attached hydrogens (tertiary/aromatic N) is 3. The lowest BCUT2D eigenvalue weighted by Gasteiger charge is -2.32. The number of H-pyrrole nitrogens is 1. The summed E-state index contributed by atoms with van der Waals surface area (Å²) in [6.07, 6.45) is 3.40. The molecule has 318 valence electrons. The Morgan fingerprint density at radius 1 is 0.776 bits per heavy atom. The number of fused-ring (bicyclic) bond motifs is 2. The molecule has 1 aromatic carbocycles. The number of aliphatic hydroxyl groups excluding tert-OH is 1. The van der Waals surface area contributed by atoms with Crippen LogP contribution in [0, 0.1) is 5.92 Å². The van der Waals surface area contributed by atoms with Gasteiger partial charge in [-0.1, -0.05) is 38.5 Å². The van der Waals surface area contributed by atoms with Gasteiger partial charge >= 0.3 is 0 Å². The summed E-state index contributed by atoms with van der Waals surface area (Å²) in [6, 6.07) is 0.423. The van der Waals surface area contributed by atoms with Crippen LogP contribution in [0.5, 0.6) is 0 Å². The molecule has 2 saturated heterocycles. The molecule has 0 radical (unpaired) electrons. The number of aliphatic imine (C=N–C) groups is 2. The van der Waals surface area contributed by atoms with Crippen molar-refractivity contribution < 1.29 is 33.9 Å². The molecule has 4 rings (SSSR count). The molecule has 2 fully saturated rings. The van der Waals surface area contributed by atoms with Gasteiger partial charge in [-0.05, 0) is 62.5 Å². The van der Waals surface area contributed by atoms with Crippen molar-refractivity contribution >= 4 is 58.3 Å². The van der Waals surface area contributed by atoms with E-state index < -0.39 is 84.2 Å². The number of aromatic amines is 1. The van der Waals surface area contributed by atoms with Gasteiger partial charge in [0.2, 0.25) is 35.4 Å². The molecule has 0 unspecified atom stereocenters. The van der Waals surface area contributed by atoms with Gasteiger partial charge in [0, 0.05) is 49.8 Å². The number of aromatic nitrogens is 1. The van der Waals surface area contributed by atoms with Gasteiger partial charge in [-0.3, -0.25) is 38.8 Å². The van der Waals surface area contributed by atoms with Crippen molar-refractivity contribution in [2.45, 2.75) is 108 Å². The Morgan fingerprint density at radius 3 is 1.93 bits per heavy atom. The van der Waals surface area contributed by atoms with E-state index in [9.17, 15) is 33.9 Å². The molecule has 0 bridgehead atoms. The third kappa shape index (κ3) is 12.3. The van der Waals surface area contributed by atoms with Crippen molar-refractivity contribution in [3.8, 4) is 0 Å². The van der Waals surface area contributed by atoms with Crippen LogP contribution in [-0.2, 0) is 35.2 Å². The number of aliphatic hydroxyl groups is 1. The Morgan fingerprint density at radius 2 is 1.33 bits per heavy atom. The van der Waals surface area contributed by atoms with Crippen molar-refractivity contribution in [2.75, 3.05) is 26.2 Å². The number of benzene rings is 1. The van der Waals surface area contributed by atoms with Crippen LogP contribution in [0.4, 0.5) is 0 Å². The van der Waals surface area contributed by atoms with Gasteiger partial charge in [0.1, 0.15) is 36.3 Å². The predicted molar refractivity (Wildman–Crippen MR) is 217 cm³/mol. The average Bonchev–Trinajstić information content (AvgIpc) is 3.85. The number of para-hydroxylation sites is 1. The number of nitrogens with one attached hydrogen (secondary N) is 6. The van der Waals surface area contributed by atoms with Crippen molar-refractivity contribution in [2.24, 2.45) is 38.8 Å². The Labute approximate surface area is 337 Å². The topological polar surface area (TPSA) is 331 Å². The fourth-order valence-electron chi connectivity index (χ4n) is 7.20. The van der Waals surface area contributed by atoms with Crippen LogP contribution >= 0.6 is 0 Å². The Bertz CT molecular complexity index is 1820. The lowest BCUT2D eigenvalue weighted by atomic mass is 9.96. The van der Waals surface area contributed by atoms with E-state index in [0.717, 1.165) is 16.5 Å². The normalized spacial score (nSPS) is 24.3. The monoisotopic (exact) mass is 809 g/mol. The average molecular weight is 810 g/mol. The molecular weight excluding hydrogens is 751 g/mol. The summed E-state index contributed by atoms with van der Waals surface area (Å²) >= 11 is 0. The second-order valence-corrected chi connectivity index (χ2v) is 14.8. The fourth-order valence-corrected chi connectivity index (χ4v) is 7.20. The second kappa shape index (κ2) is 21.6. The molecule has 1 aromatic heterocycles. The maximum absolute atomic E-state index is 14.6. The summed E-state index contributed by atoms with van der Waals surface area (Å²) in [5, 5.41) is 24.5. The SMILES string of the molecule is CC[C@H](C)[C@@H]1NC(=O)[C@H](CCO)NC(=O)[C@H]2CCCN2C(=O)[C@H](Cc2c[nH]c3ccccc23)NC(=O)[C@H](CCCN=C(N)N)NC(=O)[C@@H](CCCN=C(N)N)NC1=O. The van der Waals surface area contributed by atoms with Gasteiger partial charge < -0.3 is 64.5 Å². The van der Waals surface area contributed by atoms with E-state index >= 15 is 0 Å². The molecule has 0 aliphatic carbocycles. The van der Waals surface area contributed by atoms with Crippen molar-refractivity contribution in [1.29, 1.82) is 0 Å².